The molecule has 0 saturated heterocycles. The summed E-state index contributed by atoms with van der Waals surface area (Å²) in [5.41, 5.74) is 0. The van der Waals surface area contributed by atoms with E-state index < -0.39 is 12.5 Å². The first-order valence-corrected chi connectivity index (χ1v) is 15.3. The Morgan fingerprint density at radius 2 is 1.38 bits per heavy atom. The zero-order valence-electron chi connectivity index (χ0n) is 22.7. The van der Waals surface area contributed by atoms with Gasteiger partial charge in [-0.2, -0.15) is 0 Å². The number of allylic oxidation sites excluding steroid dienone is 6. The van der Waals surface area contributed by atoms with Crippen LogP contribution in [0.25, 0.3) is 0 Å². The third-order valence-corrected chi connectivity index (χ3v) is 8.41. The maximum atomic E-state index is 12.3. The molecule has 0 aromatic rings. The smallest absolute Gasteiger partial charge is 0.219 e. The molecule has 0 fully saturated rings. The Labute approximate surface area is 211 Å². The minimum Gasteiger partial charge on any atom is -0.356 e. The third kappa shape index (κ3) is 20.3. The van der Waals surface area contributed by atoms with Gasteiger partial charge >= 0.3 is 0 Å². The van der Waals surface area contributed by atoms with Crippen LogP contribution in [-0.2, 0) is 13.9 Å². The molecule has 0 saturated carbocycles. The first-order chi connectivity index (χ1) is 16.2. The number of rotatable bonds is 21. The Bertz CT molecular complexity index is 632. The Morgan fingerprint density at radius 1 is 0.824 bits per heavy atom. The van der Waals surface area contributed by atoms with E-state index in [9.17, 15) is 9.36 Å². The molecule has 0 aromatic heterocycles. The summed E-state index contributed by atoms with van der Waals surface area (Å²) in [6, 6.07) is 0. The quantitative estimate of drug-likeness (QED) is 0.0749. The monoisotopic (exact) mass is 494 g/mol. The van der Waals surface area contributed by atoms with E-state index in [1.165, 1.54) is 19.3 Å². The molecule has 4 nitrogen and oxygen atoms in total. The average molecular weight is 495 g/mol. The first-order valence-electron chi connectivity index (χ1n) is 13.5. The lowest BCUT2D eigenvalue weighted by molar-refractivity contribution is -0.121. The van der Waals surface area contributed by atoms with E-state index in [0.29, 0.717) is 13.0 Å². The van der Waals surface area contributed by atoms with Crippen LogP contribution in [0.2, 0.25) is 0 Å². The van der Waals surface area contributed by atoms with E-state index in [1.807, 2.05) is 20.8 Å². The van der Waals surface area contributed by atoms with E-state index in [4.69, 9.17) is 4.52 Å². The number of unbranched alkanes of at least 4 members (excludes halogenated alkanes) is 8. The number of hydrogen-bond acceptors (Lipinski definition) is 3. The van der Waals surface area contributed by atoms with Gasteiger partial charge in [0.05, 0.1) is 14.0 Å². The van der Waals surface area contributed by atoms with Crippen molar-refractivity contribution in [1.82, 2.24) is 5.32 Å². The van der Waals surface area contributed by atoms with Crippen molar-refractivity contribution in [2.75, 3.05) is 13.2 Å². The van der Waals surface area contributed by atoms with Crippen molar-refractivity contribution in [2.45, 2.75) is 123 Å². The molecule has 1 unspecified atom stereocenters. The molecule has 1 N–H and O–H groups in total. The van der Waals surface area contributed by atoms with E-state index in [1.54, 1.807) is 0 Å². The molecule has 0 aliphatic heterocycles. The summed E-state index contributed by atoms with van der Waals surface area (Å²) in [4.78, 5) is 11.9. The van der Waals surface area contributed by atoms with Crippen molar-refractivity contribution >= 4 is 13.3 Å². The maximum Gasteiger partial charge on any atom is 0.219 e. The maximum absolute atomic E-state index is 12.3. The highest BCUT2D eigenvalue weighted by molar-refractivity contribution is 7.61. The van der Waals surface area contributed by atoms with Crippen LogP contribution in [-0.4, -0.2) is 24.2 Å². The zero-order valence-corrected chi connectivity index (χ0v) is 23.6. The Balaban J connectivity index is 3.44. The molecule has 0 rings (SSSR count). The molecule has 5 heteroatoms. The van der Waals surface area contributed by atoms with Crippen LogP contribution in [0.4, 0.5) is 0 Å². The molecule has 0 spiro atoms. The minimum atomic E-state index is -2.80. The van der Waals surface area contributed by atoms with Crippen molar-refractivity contribution in [3.63, 3.8) is 0 Å². The van der Waals surface area contributed by atoms with Crippen molar-refractivity contribution in [3.05, 3.63) is 43.1 Å². The molecule has 0 aliphatic carbocycles. The van der Waals surface area contributed by atoms with Crippen LogP contribution in [0.3, 0.4) is 0 Å². The summed E-state index contributed by atoms with van der Waals surface area (Å²) in [5, 5.41) is 2.62. The lowest BCUT2D eigenvalue weighted by Gasteiger charge is -2.33. The van der Waals surface area contributed by atoms with Crippen LogP contribution in [0.5, 0.6) is 0 Å². The van der Waals surface area contributed by atoms with E-state index in [2.05, 4.69) is 55.4 Å². The second-order valence-electron chi connectivity index (χ2n) is 10.0. The second kappa shape index (κ2) is 21.2. The Morgan fingerprint density at radius 3 is 2.06 bits per heavy atom. The van der Waals surface area contributed by atoms with Gasteiger partial charge in [0.15, 0.2) is 0 Å². The van der Waals surface area contributed by atoms with Gasteiger partial charge in [0.25, 0.3) is 0 Å². The highest BCUT2D eigenvalue weighted by atomic mass is 31.2. The van der Waals surface area contributed by atoms with Crippen molar-refractivity contribution in [1.29, 1.82) is 0 Å². The zero-order chi connectivity index (χ0) is 25.5. The van der Waals surface area contributed by atoms with E-state index in [-0.39, 0.29) is 5.91 Å². The number of carbonyl (C=O) groups excluding carboxylic acids is 1. The molecule has 0 bridgehead atoms. The van der Waals surface area contributed by atoms with Crippen molar-refractivity contribution in [2.24, 2.45) is 0 Å². The molecule has 0 heterocycles. The van der Waals surface area contributed by atoms with Gasteiger partial charge in [-0.1, -0.05) is 96.3 Å². The van der Waals surface area contributed by atoms with Crippen molar-refractivity contribution < 1.29 is 13.9 Å². The van der Waals surface area contributed by atoms with Crippen LogP contribution in [0.1, 0.15) is 118 Å². The topological polar surface area (TPSA) is 55.4 Å². The highest BCUT2D eigenvalue weighted by Gasteiger charge is 2.25. The average Bonchev–Trinajstić information content (AvgIpc) is 2.77. The SMILES string of the molecule is [CH2-]P(=O)(OCCCCCCNC(=O)CCCCCCC/C=C\C/C=C\C/C=C\CC)C(C)(C)C. The molecular weight excluding hydrogens is 441 g/mol. The van der Waals surface area contributed by atoms with Gasteiger partial charge in [0, 0.05) is 18.1 Å². The lowest BCUT2D eigenvalue weighted by atomic mass is 10.1. The van der Waals surface area contributed by atoms with Gasteiger partial charge < -0.3 is 14.4 Å². The third-order valence-electron chi connectivity index (χ3n) is 5.77. The molecule has 34 heavy (non-hydrogen) atoms. The molecule has 198 valence electrons. The lowest BCUT2D eigenvalue weighted by Crippen LogP contribution is -2.23. The fraction of sp³-hybridized carbons (Fsp3) is 0.724. The fourth-order valence-corrected chi connectivity index (χ4v) is 4.02. The van der Waals surface area contributed by atoms with Gasteiger partial charge in [0.1, 0.15) is 0 Å². The van der Waals surface area contributed by atoms with Gasteiger partial charge in [-0.05, 0) is 51.4 Å². The van der Waals surface area contributed by atoms with Crippen molar-refractivity contribution in [3.8, 4) is 0 Å². The van der Waals surface area contributed by atoms with Gasteiger partial charge in [0.2, 0.25) is 5.91 Å². The van der Waals surface area contributed by atoms with Crippen LogP contribution < -0.4 is 5.32 Å². The summed E-state index contributed by atoms with van der Waals surface area (Å²) >= 11 is 0. The molecule has 0 aliphatic rings. The van der Waals surface area contributed by atoms with E-state index in [0.717, 1.165) is 70.8 Å². The first kappa shape index (κ1) is 32.9. The molecule has 0 aromatic carbocycles. The summed E-state index contributed by atoms with van der Waals surface area (Å²) in [5.74, 6) is 0.174. The summed E-state index contributed by atoms with van der Waals surface area (Å²) in [6.07, 6.45) is 28.1. The number of nitrogens with one attached hydrogen (secondary N) is 1. The molecule has 0 radical (unpaired) electrons. The van der Waals surface area contributed by atoms with Crippen LogP contribution in [0.15, 0.2) is 36.5 Å². The minimum absolute atomic E-state index is 0.174. The summed E-state index contributed by atoms with van der Waals surface area (Å²) in [7, 11) is -2.80. The van der Waals surface area contributed by atoms with Crippen LogP contribution in [0, 0.1) is 6.66 Å². The van der Waals surface area contributed by atoms with E-state index >= 15 is 0 Å². The Kier molecular flexibility index (Phi) is 20.5. The predicted molar refractivity (Wildman–Crippen MR) is 149 cm³/mol. The molecule has 1 amide bonds. The predicted octanol–water partition coefficient (Wildman–Crippen LogP) is 9.14. The number of amides is 1. The molecule has 1 atom stereocenters. The summed E-state index contributed by atoms with van der Waals surface area (Å²) < 4.78 is 17.8. The number of carbonyl (C=O) groups is 1. The normalized spacial score (nSPS) is 14.4. The second-order valence-corrected chi connectivity index (χ2v) is 13.0. The standard InChI is InChI=1S/C29H53NO3P/c1-6-7-8-9-10-11-12-13-14-15-16-17-18-19-22-25-28(31)30-26-23-20-21-24-27-33-34(5,32)29(2,3)4/h7-8,10-11,13-14H,5-6,9,12,15-27H2,1-4H3,(H,30,31)/q-1/b8-7-,11-10-,14-13-. The fourth-order valence-electron chi connectivity index (χ4n) is 3.21. The number of hydrogen-bond donors (Lipinski definition) is 1. The van der Waals surface area contributed by atoms with Crippen LogP contribution >= 0.6 is 7.37 Å². The molecular formula is C29H53NO3P-. The van der Waals surface area contributed by atoms with Gasteiger partial charge in [-0.25, -0.2) is 0 Å². The summed E-state index contributed by atoms with van der Waals surface area (Å²) in [6.45, 7) is 12.9. The Hall–Kier alpha value is -1.12. The van der Waals surface area contributed by atoms with Gasteiger partial charge in [-0.3, -0.25) is 11.5 Å². The largest absolute Gasteiger partial charge is 0.356 e. The van der Waals surface area contributed by atoms with Gasteiger partial charge in [-0.15, -0.1) is 0 Å². The highest BCUT2D eigenvalue weighted by Crippen LogP contribution is 2.57.